The Balaban J connectivity index is 2.49. The number of nitrogens with two attached hydrogens (primary N) is 1. The Morgan fingerprint density at radius 2 is 2.58 bits per heavy atom. The summed E-state index contributed by atoms with van der Waals surface area (Å²) in [5.41, 5.74) is 6.62. The zero-order valence-electron chi connectivity index (χ0n) is 7.68. The van der Waals surface area contributed by atoms with Gasteiger partial charge in [-0.3, -0.25) is 0 Å². The first-order valence-electron chi connectivity index (χ1n) is 4.54. The van der Waals surface area contributed by atoms with Crippen LogP contribution in [0.25, 0.3) is 0 Å². The molecule has 0 radical (unpaired) electrons. The van der Waals surface area contributed by atoms with Crippen molar-refractivity contribution in [3.63, 3.8) is 0 Å². The van der Waals surface area contributed by atoms with E-state index in [0.29, 0.717) is 6.54 Å². The molecule has 0 bridgehead atoms. The van der Waals surface area contributed by atoms with Gasteiger partial charge in [0.25, 0.3) is 0 Å². The molecule has 0 atom stereocenters. The summed E-state index contributed by atoms with van der Waals surface area (Å²) in [6, 6.07) is 0. The molecule has 68 valence electrons. The Morgan fingerprint density at radius 1 is 1.75 bits per heavy atom. The fraction of sp³-hybridized carbons (Fsp3) is 0.600. The zero-order valence-corrected chi connectivity index (χ0v) is 7.68. The second kappa shape index (κ2) is 4.99. The average molecular weight is 167 g/mol. The molecule has 0 spiro atoms. The van der Waals surface area contributed by atoms with Crippen molar-refractivity contribution in [1.29, 1.82) is 0 Å². The summed E-state index contributed by atoms with van der Waals surface area (Å²) in [5.74, 6) is 1.05. The predicted molar refractivity (Wildman–Crippen MR) is 50.7 cm³/mol. The first-order chi connectivity index (χ1) is 5.84. The number of hydrogen-bond donors (Lipinski definition) is 1. The molecule has 12 heavy (non-hydrogen) atoms. The molecule has 0 amide bonds. The van der Waals surface area contributed by atoms with Crippen LogP contribution in [0.5, 0.6) is 0 Å². The maximum absolute atomic E-state index is 5.49. The quantitative estimate of drug-likeness (QED) is 0.697. The first-order valence-corrected chi connectivity index (χ1v) is 4.54. The van der Waals surface area contributed by atoms with Crippen molar-refractivity contribution >= 4 is 0 Å². The molecule has 0 aromatic heterocycles. The Kier molecular flexibility index (Phi) is 3.88. The molecule has 0 fully saturated rings. The average Bonchev–Trinajstić information content (AvgIpc) is 2.15. The van der Waals surface area contributed by atoms with Gasteiger partial charge in [-0.05, 0) is 44.4 Å². The Labute approximate surface area is 74.1 Å². The van der Waals surface area contributed by atoms with E-state index in [2.05, 4.69) is 19.1 Å². The zero-order chi connectivity index (χ0) is 8.81. The van der Waals surface area contributed by atoms with Crippen molar-refractivity contribution in [2.75, 3.05) is 13.2 Å². The summed E-state index contributed by atoms with van der Waals surface area (Å²) in [6.07, 6.45) is 7.52. The molecule has 0 aromatic rings. The van der Waals surface area contributed by atoms with Gasteiger partial charge in [0.2, 0.25) is 0 Å². The molecule has 1 heterocycles. The molecular weight excluding hydrogens is 150 g/mol. The minimum absolute atomic E-state index is 0.713. The third-order valence-corrected chi connectivity index (χ3v) is 1.94. The standard InChI is InChI=1S/C10H17NO/c1-9(5-4-7-11)10-6-2-3-8-12-10/h5-6H,2-4,7-8,11H2,1H3. The maximum atomic E-state index is 5.49. The van der Waals surface area contributed by atoms with Gasteiger partial charge in [0.15, 0.2) is 0 Å². The lowest BCUT2D eigenvalue weighted by Crippen LogP contribution is -2.03. The highest BCUT2D eigenvalue weighted by atomic mass is 16.5. The normalized spacial score (nSPS) is 18.5. The molecule has 2 heteroatoms. The van der Waals surface area contributed by atoms with Crippen molar-refractivity contribution < 1.29 is 4.74 Å². The van der Waals surface area contributed by atoms with Gasteiger partial charge in [-0.1, -0.05) is 6.08 Å². The van der Waals surface area contributed by atoms with Crippen LogP contribution < -0.4 is 5.73 Å². The van der Waals surface area contributed by atoms with Gasteiger partial charge in [-0.15, -0.1) is 0 Å². The molecule has 0 saturated carbocycles. The Hall–Kier alpha value is -0.760. The Bertz CT molecular complexity index is 194. The predicted octanol–water partition coefficient (Wildman–Crippen LogP) is 1.98. The molecular formula is C10H17NO. The van der Waals surface area contributed by atoms with Gasteiger partial charge in [0.05, 0.1) is 6.61 Å². The molecule has 2 N–H and O–H groups in total. The summed E-state index contributed by atoms with van der Waals surface area (Å²) in [4.78, 5) is 0. The van der Waals surface area contributed by atoms with Gasteiger partial charge in [0.1, 0.15) is 5.76 Å². The summed E-state index contributed by atoms with van der Waals surface area (Å²) in [5, 5.41) is 0. The van der Waals surface area contributed by atoms with E-state index in [4.69, 9.17) is 10.5 Å². The van der Waals surface area contributed by atoms with E-state index in [1.54, 1.807) is 0 Å². The minimum atomic E-state index is 0.713. The second-order valence-electron chi connectivity index (χ2n) is 3.02. The Morgan fingerprint density at radius 3 is 3.17 bits per heavy atom. The molecule has 0 aromatic carbocycles. The van der Waals surface area contributed by atoms with Crippen LogP contribution in [-0.4, -0.2) is 13.2 Å². The molecule has 1 aliphatic rings. The lowest BCUT2D eigenvalue weighted by molar-refractivity contribution is 0.201. The summed E-state index contributed by atoms with van der Waals surface area (Å²) in [6.45, 7) is 3.65. The largest absolute Gasteiger partial charge is 0.494 e. The van der Waals surface area contributed by atoms with Crippen LogP contribution >= 0.6 is 0 Å². The van der Waals surface area contributed by atoms with Gasteiger partial charge < -0.3 is 10.5 Å². The van der Waals surface area contributed by atoms with E-state index >= 15 is 0 Å². The monoisotopic (exact) mass is 167 g/mol. The fourth-order valence-corrected chi connectivity index (χ4v) is 1.23. The van der Waals surface area contributed by atoms with Gasteiger partial charge in [-0.2, -0.15) is 0 Å². The highest BCUT2D eigenvalue weighted by molar-refractivity contribution is 5.24. The van der Waals surface area contributed by atoms with Crippen molar-refractivity contribution in [2.24, 2.45) is 5.73 Å². The number of allylic oxidation sites excluding steroid dienone is 2. The third kappa shape index (κ3) is 2.70. The van der Waals surface area contributed by atoms with E-state index in [-0.39, 0.29) is 0 Å². The van der Waals surface area contributed by atoms with Gasteiger partial charge >= 0.3 is 0 Å². The van der Waals surface area contributed by atoms with Crippen LogP contribution in [0, 0.1) is 0 Å². The van der Waals surface area contributed by atoms with Crippen LogP contribution in [-0.2, 0) is 4.74 Å². The van der Waals surface area contributed by atoms with Crippen molar-refractivity contribution in [2.45, 2.75) is 26.2 Å². The molecule has 1 aliphatic heterocycles. The minimum Gasteiger partial charge on any atom is -0.494 e. The molecule has 1 rings (SSSR count). The van der Waals surface area contributed by atoms with E-state index in [0.717, 1.165) is 31.6 Å². The molecule has 0 unspecified atom stereocenters. The van der Waals surface area contributed by atoms with Crippen LogP contribution in [0.15, 0.2) is 23.5 Å². The van der Waals surface area contributed by atoms with Crippen LogP contribution in [0.1, 0.15) is 26.2 Å². The van der Waals surface area contributed by atoms with E-state index < -0.39 is 0 Å². The van der Waals surface area contributed by atoms with Crippen molar-refractivity contribution in [3.05, 3.63) is 23.5 Å². The number of ether oxygens (including phenoxy) is 1. The van der Waals surface area contributed by atoms with Crippen LogP contribution in [0.4, 0.5) is 0 Å². The van der Waals surface area contributed by atoms with Crippen molar-refractivity contribution in [1.82, 2.24) is 0 Å². The number of rotatable bonds is 3. The molecule has 0 aliphatic carbocycles. The second-order valence-corrected chi connectivity index (χ2v) is 3.02. The van der Waals surface area contributed by atoms with E-state index in [1.165, 1.54) is 5.57 Å². The summed E-state index contributed by atoms with van der Waals surface area (Å²) in [7, 11) is 0. The topological polar surface area (TPSA) is 35.2 Å². The third-order valence-electron chi connectivity index (χ3n) is 1.94. The number of hydrogen-bond acceptors (Lipinski definition) is 2. The van der Waals surface area contributed by atoms with Crippen LogP contribution in [0.2, 0.25) is 0 Å². The first kappa shape index (κ1) is 9.33. The lowest BCUT2D eigenvalue weighted by atomic mass is 10.1. The smallest absolute Gasteiger partial charge is 0.117 e. The SMILES string of the molecule is CC(=CCCN)C1=CCCCO1. The molecule has 0 saturated heterocycles. The highest BCUT2D eigenvalue weighted by Gasteiger charge is 2.04. The molecule has 2 nitrogen and oxygen atoms in total. The lowest BCUT2D eigenvalue weighted by Gasteiger charge is -2.15. The van der Waals surface area contributed by atoms with Crippen LogP contribution in [0.3, 0.4) is 0 Å². The van der Waals surface area contributed by atoms with E-state index in [9.17, 15) is 0 Å². The van der Waals surface area contributed by atoms with E-state index in [1.807, 2.05) is 0 Å². The fourth-order valence-electron chi connectivity index (χ4n) is 1.23. The van der Waals surface area contributed by atoms with Gasteiger partial charge in [0, 0.05) is 0 Å². The summed E-state index contributed by atoms with van der Waals surface area (Å²) < 4.78 is 5.49. The van der Waals surface area contributed by atoms with Crippen molar-refractivity contribution in [3.8, 4) is 0 Å². The maximum Gasteiger partial charge on any atom is 0.117 e. The summed E-state index contributed by atoms with van der Waals surface area (Å²) >= 11 is 0. The van der Waals surface area contributed by atoms with Gasteiger partial charge in [-0.25, -0.2) is 0 Å². The highest BCUT2D eigenvalue weighted by Crippen LogP contribution is 2.17.